The molecule has 0 saturated carbocycles. The van der Waals surface area contributed by atoms with Crippen LogP contribution in [-0.2, 0) is 25.9 Å². The minimum Gasteiger partial charge on any atom is -0.325 e. The van der Waals surface area contributed by atoms with Gasteiger partial charge in [0, 0.05) is 13.1 Å². The van der Waals surface area contributed by atoms with Crippen LogP contribution in [0.3, 0.4) is 0 Å². The van der Waals surface area contributed by atoms with E-state index in [1.54, 1.807) is 0 Å². The molecule has 2 rings (SSSR count). The van der Waals surface area contributed by atoms with Gasteiger partial charge in [-0.3, -0.25) is 4.68 Å². The van der Waals surface area contributed by atoms with Gasteiger partial charge in [-0.1, -0.05) is 13.8 Å². The van der Waals surface area contributed by atoms with Gasteiger partial charge in [0.1, 0.15) is 0 Å². The SMILES string of the molecule is CC(C)Cn1nc2c(c1CN)CCCC2. The first-order chi connectivity index (χ1) is 7.22. The van der Waals surface area contributed by atoms with Crippen molar-refractivity contribution < 1.29 is 0 Å². The lowest BCUT2D eigenvalue weighted by Gasteiger charge is -2.11. The predicted octanol–water partition coefficient (Wildman–Crippen LogP) is 1.88. The topological polar surface area (TPSA) is 43.8 Å². The fraction of sp³-hybridized carbons (Fsp3) is 0.750. The molecule has 3 heteroatoms. The second-order valence-electron chi connectivity index (χ2n) is 4.86. The molecule has 3 nitrogen and oxygen atoms in total. The molecule has 0 spiro atoms. The highest BCUT2D eigenvalue weighted by Gasteiger charge is 2.19. The van der Waals surface area contributed by atoms with E-state index in [1.807, 2.05) is 0 Å². The molecule has 15 heavy (non-hydrogen) atoms. The molecule has 0 saturated heterocycles. The van der Waals surface area contributed by atoms with Crippen LogP contribution in [0.25, 0.3) is 0 Å². The predicted molar refractivity (Wildman–Crippen MR) is 61.6 cm³/mol. The van der Waals surface area contributed by atoms with Gasteiger partial charge < -0.3 is 5.73 Å². The van der Waals surface area contributed by atoms with Gasteiger partial charge in [0.15, 0.2) is 0 Å². The molecular formula is C12H21N3. The molecule has 1 aliphatic rings. The third kappa shape index (κ3) is 2.07. The van der Waals surface area contributed by atoms with Crippen LogP contribution in [0.15, 0.2) is 0 Å². The molecule has 1 heterocycles. The van der Waals surface area contributed by atoms with Gasteiger partial charge in [-0.25, -0.2) is 0 Å². The molecule has 0 bridgehead atoms. The molecule has 0 amide bonds. The van der Waals surface area contributed by atoms with Crippen molar-refractivity contribution >= 4 is 0 Å². The van der Waals surface area contributed by atoms with Crippen molar-refractivity contribution in [1.29, 1.82) is 0 Å². The van der Waals surface area contributed by atoms with E-state index in [0.29, 0.717) is 12.5 Å². The number of aromatic nitrogens is 2. The minimum atomic E-state index is 0.634. The van der Waals surface area contributed by atoms with Gasteiger partial charge in [-0.2, -0.15) is 5.10 Å². The van der Waals surface area contributed by atoms with Crippen molar-refractivity contribution in [3.8, 4) is 0 Å². The molecule has 0 atom stereocenters. The van der Waals surface area contributed by atoms with Crippen LogP contribution < -0.4 is 5.73 Å². The van der Waals surface area contributed by atoms with Gasteiger partial charge >= 0.3 is 0 Å². The molecule has 0 fully saturated rings. The standard InChI is InChI=1S/C12H21N3/c1-9(2)8-15-12(7-13)10-5-3-4-6-11(10)14-15/h9H,3-8,13H2,1-2H3. The Kier molecular flexibility index (Phi) is 3.10. The van der Waals surface area contributed by atoms with Crippen molar-refractivity contribution in [2.45, 2.75) is 52.6 Å². The average Bonchev–Trinajstić information content (AvgIpc) is 2.53. The van der Waals surface area contributed by atoms with Crippen molar-refractivity contribution in [2.24, 2.45) is 11.7 Å². The average molecular weight is 207 g/mol. The molecule has 1 aromatic rings. The van der Waals surface area contributed by atoms with Crippen molar-refractivity contribution in [1.82, 2.24) is 9.78 Å². The van der Waals surface area contributed by atoms with E-state index in [0.717, 1.165) is 13.0 Å². The van der Waals surface area contributed by atoms with Gasteiger partial charge in [0.05, 0.1) is 11.4 Å². The number of nitrogens with two attached hydrogens (primary N) is 1. The molecule has 0 aliphatic heterocycles. The fourth-order valence-corrected chi connectivity index (χ4v) is 2.40. The summed E-state index contributed by atoms with van der Waals surface area (Å²) >= 11 is 0. The van der Waals surface area contributed by atoms with E-state index in [2.05, 4.69) is 18.5 Å². The van der Waals surface area contributed by atoms with Crippen LogP contribution in [0, 0.1) is 5.92 Å². The molecule has 1 aliphatic carbocycles. The van der Waals surface area contributed by atoms with E-state index in [4.69, 9.17) is 10.8 Å². The largest absolute Gasteiger partial charge is 0.325 e. The summed E-state index contributed by atoms with van der Waals surface area (Å²) in [4.78, 5) is 0. The van der Waals surface area contributed by atoms with E-state index in [9.17, 15) is 0 Å². The Morgan fingerprint density at radius 2 is 2.07 bits per heavy atom. The number of aryl methyl sites for hydroxylation is 1. The Labute approximate surface area is 91.7 Å². The first kappa shape index (κ1) is 10.7. The first-order valence-corrected chi connectivity index (χ1v) is 6.00. The van der Waals surface area contributed by atoms with Crippen molar-refractivity contribution in [3.63, 3.8) is 0 Å². The van der Waals surface area contributed by atoms with Crippen LogP contribution in [-0.4, -0.2) is 9.78 Å². The quantitative estimate of drug-likeness (QED) is 0.822. The van der Waals surface area contributed by atoms with E-state index in [1.165, 1.54) is 36.2 Å². The molecule has 2 N–H and O–H groups in total. The maximum absolute atomic E-state index is 5.83. The first-order valence-electron chi connectivity index (χ1n) is 6.00. The molecule has 0 aromatic carbocycles. The zero-order valence-corrected chi connectivity index (χ0v) is 9.79. The normalized spacial score (nSPS) is 15.7. The maximum atomic E-state index is 5.83. The Morgan fingerprint density at radius 3 is 2.73 bits per heavy atom. The summed E-state index contributed by atoms with van der Waals surface area (Å²) in [7, 11) is 0. The highest BCUT2D eigenvalue weighted by Crippen LogP contribution is 2.24. The van der Waals surface area contributed by atoms with Crippen LogP contribution in [0.1, 0.15) is 43.6 Å². The third-order valence-corrected chi connectivity index (χ3v) is 3.07. The summed E-state index contributed by atoms with van der Waals surface area (Å²) in [5.74, 6) is 0.636. The minimum absolute atomic E-state index is 0.634. The highest BCUT2D eigenvalue weighted by atomic mass is 15.3. The van der Waals surface area contributed by atoms with E-state index in [-0.39, 0.29) is 0 Å². The number of hydrogen-bond acceptors (Lipinski definition) is 2. The summed E-state index contributed by atoms with van der Waals surface area (Å²) in [5, 5.41) is 4.70. The zero-order valence-electron chi connectivity index (χ0n) is 9.79. The third-order valence-electron chi connectivity index (χ3n) is 3.07. The maximum Gasteiger partial charge on any atom is 0.0660 e. The fourth-order valence-electron chi connectivity index (χ4n) is 2.40. The number of nitrogens with zero attached hydrogens (tertiary/aromatic N) is 2. The number of rotatable bonds is 3. The van der Waals surface area contributed by atoms with E-state index < -0.39 is 0 Å². The van der Waals surface area contributed by atoms with Crippen molar-refractivity contribution in [3.05, 3.63) is 17.0 Å². The Morgan fingerprint density at radius 1 is 1.33 bits per heavy atom. The van der Waals surface area contributed by atoms with Crippen LogP contribution in [0.5, 0.6) is 0 Å². The summed E-state index contributed by atoms with van der Waals surface area (Å²) < 4.78 is 2.14. The summed E-state index contributed by atoms with van der Waals surface area (Å²) in [6.07, 6.45) is 4.91. The summed E-state index contributed by atoms with van der Waals surface area (Å²) in [6, 6.07) is 0. The van der Waals surface area contributed by atoms with Crippen molar-refractivity contribution in [2.75, 3.05) is 0 Å². The molecule has 84 valence electrons. The second-order valence-corrected chi connectivity index (χ2v) is 4.86. The number of hydrogen-bond donors (Lipinski definition) is 1. The lowest BCUT2D eigenvalue weighted by Crippen LogP contribution is -2.13. The zero-order chi connectivity index (χ0) is 10.8. The molecule has 0 unspecified atom stereocenters. The van der Waals surface area contributed by atoms with Gasteiger partial charge in [-0.05, 0) is 37.2 Å². The molecule has 1 aromatic heterocycles. The highest BCUT2D eigenvalue weighted by molar-refractivity contribution is 5.28. The summed E-state index contributed by atoms with van der Waals surface area (Å²) in [5.41, 5.74) is 9.87. The second kappa shape index (κ2) is 4.35. The van der Waals surface area contributed by atoms with E-state index >= 15 is 0 Å². The molecular weight excluding hydrogens is 186 g/mol. The molecule has 0 radical (unpaired) electrons. The number of fused-ring (bicyclic) bond motifs is 1. The Hall–Kier alpha value is -0.830. The van der Waals surface area contributed by atoms with Gasteiger partial charge in [0.25, 0.3) is 0 Å². The monoisotopic (exact) mass is 207 g/mol. The Balaban J connectivity index is 2.33. The Bertz CT molecular complexity index is 339. The smallest absolute Gasteiger partial charge is 0.0660 e. The van der Waals surface area contributed by atoms with Crippen LogP contribution in [0.2, 0.25) is 0 Å². The van der Waals surface area contributed by atoms with Gasteiger partial charge in [-0.15, -0.1) is 0 Å². The lowest BCUT2D eigenvalue weighted by atomic mass is 9.96. The van der Waals surface area contributed by atoms with Gasteiger partial charge in [0.2, 0.25) is 0 Å². The lowest BCUT2D eigenvalue weighted by molar-refractivity contribution is 0.466. The summed E-state index contributed by atoms with van der Waals surface area (Å²) in [6.45, 7) is 6.08. The van der Waals surface area contributed by atoms with Crippen LogP contribution in [0.4, 0.5) is 0 Å². The van der Waals surface area contributed by atoms with Crippen LogP contribution >= 0.6 is 0 Å².